The number of carbonyl (C=O) groups excluding carboxylic acids is 1. The van der Waals surface area contributed by atoms with E-state index in [0.717, 1.165) is 38.0 Å². The molecule has 3 N–H and O–H groups in total. The van der Waals surface area contributed by atoms with Crippen LogP contribution < -0.4 is 10.6 Å². The quantitative estimate of drug-likeness (QED) is 0.711. The molecule has 0 bridgehead atoms. The van der Waals surface area contributed by atoms with Crippen LogP contribution in [0.1, 0.15) is 25.5 Å². The molecule has 1 fully saturated rings. The molecule has 1 aromatic rings. The van der Waals surface area contributed by atoms with Crippen LogP contribution in [-0.2, 0) is 11.2 Å². The van der Waals surface area contributed by atoms with Crippen LogP contribution in [-0.4, -0.2) is 35.5 Å². The molecule has 5 nitrogen and oxygen atoms in total. The SMILES string of the molecule is CC1(C(=O)NCCc2cnc[nH]2)CCCNC1. The zero-order valence-corrected chi connectivity index (χ0v) is 10.3. The number of H-pyrrole nitrogens is 1. The minimum Gasteiger partial charge on any atom is -0.355 e. The first-order valence-electron chi connectivity index (χ1n) is 6.17. The molecule has 1 unspecified atom stereocenters. The molecule has 0 aromatic carbocycles. The van der Waals surface area contributed by atoms with Crippen molar-refractivity contribution in [2.45, 2.75) is 26.2 Å². The van der Waals surface area contributed by atoms with Gasteiger partial charge < -0.3 is 15.6 Å². The van der Waals surface area contributed by atoms with E-state index in [2.05, 4.69) is 20.6 Å². The van der Waals surface area contributed by atoms with E-state index in [1.165, 1.54) is 0 Å². The maximum absolute atomic E-state index is 12.1. The summed E-state index contributed by atoms with van der Waals surface area (Å²) in [5, 5.41) is 6.29. The molecule has 1 aliphatic heterocycles. The van der Waals surface area contributed by atoms with E-state index < -0.39 is 0 Å². The molecule has 1 atom stereocenters. The molecule has 0 saturated carbocycles. The fraction of sp³-hybridized carbons (Fsp3) is 0.667. The van der Waals surface area contributed by atoms with Crippen LogP contribution in [0.15, 0.2) is 12.5 Å². The van der Waals surface area contributed by atoms with Crippen LogP contribution in [0.25, 0.3) is 0 Å². The van der Waals surface area contributed by atoms with Gasteiger partial charge in [0, 0.05) is 31.4 Å². The first-order valence-corrected chi connectivity index (χ1v) is 6.17. The number of aromatic amines is 1. The van der Waals surface area contributed by atoms with E-state index in [1.54, 1.807) is 12.5 Å². The van der Waals surface area contributed by atoms with E-state index >= 15 is 0 Å². The number of rotatable bonds is 4. The fourth-order valence-corrected chi connectivity index (χ4v) is 2.20. The number of hydrogen-bond donors (Lipinski definition) is 3. The Morgan fingerprint density at radius 2 is 2.53 bits per heavy atom. The molecule has 2 rings (SSSR count). The smallest absolute Gasteiger partial charge is 0.227 e. The highest BCUT2D eigenvalue weighted by molar-refractivity contribution is 5.82. The summed E-state index contributed by atoms with van der Waals surface area (Å²) in [5.74, 6) is 0.157. The van der Waals surface area contributed by atoms with Gasteiger partial charge in [0.05, 0.1) is 11.7 Å². The average Bonchev–Trinajstić information content (AvgIpc) is 2.83. The first-order chi connectivity index (χ1) is 8.21. The van der Waals surface area contributed by atoms with Gasteiger partial charge in [0.2, 0.25) is 5.91 Å². The lowest BCUT2D eigenvalue weighted by Gasteiger charge is -2.32. The largest absolute Gasteiger partial charge is 0.355 e. The van der Waals surface area contributed by atoms with Crippen molar-refractivity contribution in [3.63, 3.8) is 0 Å². The molecule has 0 radical (unpaired) electrons. The van der Waals surface area contributed by atoms with Crippen molar-refractivity contribution in [3.05, 3.63) is 18.2 Å². The summed E-state index contributed by atoms with van der Waals surface area (Å²) in [4.78, 5) is 19.0. The monoisotopic (exact) mass is 236 g/mol. The molecule has 2 heterocycles. The Labute approximate surface area is 101 Å². The van der Waals surface area contributed by atoms with E-state index in [0.29, 0.717) is 6.54 Å². The second-order valence-electron chi connectivity index (χ2n) is 4.92. The Bertz CT molecular complexity index is 355. The molecular weight excluding hydrogens is 216 g/mol. The summed E-state index contributed by atoms with van der Waals surface area (Å²) in [5.41, 5.74) is 0.809. The van der Waals surface area contributed by atoms with Gasteiger partial charge in [-0.2, -0.15) is 0 Å². The van der Waals surface area contributed by atoms with Crippen LogP contribution in [0.5, 0.6) is 0 Å². The molecule has 1 amide bonds. The summed E-state index contributed by atoms with van der Waals surface area (Å²) in [6.07, 6.45) is 6.29. The maximum Gasteiger partial charge on any atom is 0.227 e. The van der Waals surface area contributed by atoms with Crippen LogP contribution in [0.4, 0.5) is 0 Å². The van der Waals surface area contributed by atoms with E-state index in [4.69, 9.17) is 0 Å². The van der Waals surface area contributed by atoms with Crippen molar-refractivity contribution >= 4 is 5.91 Å². The number of hydrogen-bond acceptors (Lipinski definition) is 3. The predicted octanol–water partition coefficient (Wildman–Crippen LogP) is 0.458. The average molecular weight is 236 g/mol. The summed E-state index contributed by atoms with van der Waals surface area (Å²) in [6, 6.07) is 0. The summed E-state index contributed by atoms with van der Waals surface area (Å²) in [6.45, 7) is 4.50. The summed E-state index contributed by atoms with van der Waals surface area (Å²) < 4.78 is 0. The molecule has 5 heteroatoms. The zero-order valence-electron chi connectivity index (χ0n) is 10.3. The minimum absolute atomic E-state index is 0.157. The zero-order chi connectivity index (χ0) is 12.1. The summed E-state index contributed by atoms with van der Waals surface area (Å²) >= 11 is 0. The molecule has 17 heavy (non-hydrogen) atoms. The molecule has 94 valence electrons. The van der Waals surface area contributed by atoms with Crippen molar-refractivity contribution in [2.75, 3.05) is 19.6 Å². The van der Waals surface area contributed by atoms with Gasteiger partial charge >= 0.3 is 0 Å². The van der Waals surface area contributed by atoms with Gasteiger partial charge in [-0.25, -0.2) is 4.98 Å². The van der Waals surface area contributed by atoms with Crippen LogP contribution in [0.2, 0.25) is 0 Å². The Balaban J connectivity index is 1.76. The van der Waals surface area contributed by atoms with E-state index in [-0.39, 0.29) is 11.3 Å². The van der Waals surface area contributed by atoms with Gasteiger partial charge in [-0.15, -0.1) is 0 Å². The summed E-state index contributed by atoms with van der Waals surface area (Å²) in [7, 11) is 0. The van der Waals surface area contributed by atoms with Crippen molar-refractivity contribution in [2.24, 2.45) is 5.41 Å². The van der Waals surface area contributed by atoms with Gasteiger partial charge in [-0.3, -0.25) is 4.79 Å². The van der Waals surface area contributed by atoms with Crippen molar-refractivity contribution in [1.29, 1.82) is 0 Å². The molecule has 0 aliphatic carbocycles. The maximum atomic E-state index is 12.1. The number of amides is 1. The molecule has 1 aliphatic rings. The van der Waals surface area contributed by atoms with Gasteiger partial charge in [0.1, 0.15) is 0 Å². The second-order valence-corrected chi connectivity index (χ2v) is 4.92. The number of aromatic nitrogens is 2. The van der Waals surface area contributed by atoms with Crippen LogP contribution >= 0.6 is 0 Å². The van der Waals surface area contributed by atoms with Crippen molar-refractivity contribution < 1.29 is 4.79 Å². The van der Waals surface area contributed by atoms with Gasteiger partial charge in [0.15, 0.2) is 0 Å². The topological polar surface area (TPSA) is 69.8 Å². The van der Waals surface area contributed by atoms with Crippen LogP contribution in [0, 0.1) is 5.41 Å². The van der Waals surface area contributed by atoms with Crippen molar-refractivity contribution in [3.8, 4) is 0 Å². The van der Waals surface area contributed by atoms with E-state index in [9.17, 15) is 4.79 Å². The third kappa shape index (κ3) is 3.06. The number of nitrogens with zero attached hydrogens (tertiary/aromatic N) is 1. The van der Waals surface area contributed by atoms with Gasteiger partial charge in [0.25, 0.3) is 0 Å². The molecule has 1 saturated heterocycles. The Morgan fingerprint density at radius 3 is 3.18 bits per heavy atom. The second kappa shape index (κ2) is 5.31. The predicted molar refractivity (Wildman–Crippen MR) is 65.5 cm³/mol. The molecular formula is C12H20N4O. The minimum atomic E-state index is -0.244. The molecule has 0 spiro atoms. The van der Waals surface area contributed by atoms with Gasteiger partial charge in [-0.1, -0.05) is 0 Å². The Hall–Kier alpha value is -1.36. The molecule has 1 aromatic heterocycles. The first kappa shape index (κ1) is 12.1. The highest BCUT2D eigenvalue weighted by Gasteiger charge is 2.34. The third-order valence-corrected chi connectivity index (χ3v) is 3.38. The lowest BCUT2D eigenvalue weighted by atomic mass is 9.82. The number of piperidine rings is 1. The Morgan fingerprint density at radius 1 is 1.65 bits per heavy atom. The normalized spacial score (nSPS) is 24.5. The van der Waals surface area contributed by atoms with Gasteiger partial charge in [-0.05, 0) is 26.3 Å². The Kier molecular flexibility index (Phi) is 3.78. The van der Waals surface area contributed by atoms with E-state index in [1.807, 2.05) is 6.92 Å². The lowest BCUT2D eigenvalue weighted by Crippen LogP contribution is -2.49. The lowest BCUT2D eigenvalue weighted by molar-refractivity contribution is -0.131. The van der Waals surface area contributed by atoms with Crippen LogP contribution in [0.3, 0.4) is 0 Å². The fourth-order valence-electron chi connectivity index (χ4n) is 2.20. The highest BCUT2D eigenvalue weighted by Crippen LogP contribution is 2.25. The number of carbonyl (C=O) groups is 1. The number of imidazole rings is 1. The highest BCUT2D eigenvalue weighted by atomic mass is 16.2. The number of nitrogens with one attached hydrogen (secondary N) is 3. The standard InChI is InChI=1S/C12H20N4O/c1-12(4-2-5-13-8-12)11(17)15-6-3-10-7-14-9-16-10/h7,9,13H,2-6,8H2,1H3,(H,14,16)(H,15,17). The van der Waals surface area contributed by atoms with Crippen molar-refractivity contribution in [1.82, 2.24) is 20.6 Å². The third-order valence-electron chi connectivity index (χ3n) is 3.38.